The first-order chi connectivity index (χ1) is 12.8. The van der Waals surface area contributed by atoms with Crippen LogP contribution in [-0.2, 0) is 9.47 Å². The van der Waals surface area contributed by atoms with Crippen molar-refractivity contribution in [3.05, 3.63) is 48.1 Å². The molecule has 0 unspecified atom stereocenters. The Bertz CT molecular complexity index is 885. The summed E-state index contributed by atoms with van der Waals surface area (Å²) >= 11 is 5.72. The summed E-state index contributed by atoms with van der Waals surface area (Å²) < 4.78 is 16.8. The Labute approximate surface area is 155 Å². The molecule has 134 valence electrons. The molecule has 0 radical (unpaired) electrons. The van der Waals surface area contributed by atoms with Crippen molar-refractivity contribution in [2.75, 3.05) is 31.7 Å². The summed E-state index contributed by atoms with van der Waals surface area (Å²) in [5, 5.41) is 5.38. The Morgan fingerprint density at radius 3 is 2.85 bits per heavy atom. The zero-order chi connectivity index (χ0) is 17.8. The lowest BCUT2D eigenvalue weighted by molar-refractivity contribution is -0.101. The SMILES string of the molecule is Clc1ncc(Nc2nccc3cc(OC[C@@H]4COCCO4)ccc23)cn1. The predicted molar refractivity (Wildman–Crippen MR) is 98.1 cm³/mol. The van der Waals surface area contributed by atoms with Gasteiger partial charge < -0.3 is 19.5 Å². The molecule has 0 aliphatic carbocycles. The molecule has 0 saturated carbocycles. The van der Waals surface area contributed by atoms with Gasteiger partial charge in [0.05, 0.1) is 37.9 Å². The van der Waals surface area contributed by atoms with E-state index in [9.17, 15) is 0 Å². The second-order valence-corrected chi connectivity index (χ2v) is 6.13. The normalized spacial score (nSPS) is 17.2. The summed E-state index contributed by atoms with van der Waals surface area (Å²) in [6.45, 7) is 2.29. The molecule has 26 heavy (non-hydrogen) atoms. The van der Waals surface area contributed by atoms with Crippen LogP contribution in [-0.4, -0.2) is 47.5 Å². The van der Waals surface area contributed by atoms with Crippen LogP contribution in [0.5, 0.6) is 5.75 Å². The Hall–Kier alpha value is -2.48. The van der Waals surface area contributed by atoms with E-state index < -0.39 is 0 Å². The number of benzene rings is 1. The summed E-state index contributed by atoms with van der Waals surface area (Å²) in [5.41, 5.74) is 0.712. The smallest absolute Gasteiger partial charge is 0.222 e. The molecular formula is C18H17ClN4O3. The topological polar surface area (TPSA) is 78.4 Å². The first kappa shape index (κ1) is 17.0. The third-order valence-corrected chi connectivity index (χ3v) is 4.13. The van der Waals surface area contributed by atoms with E-state index in [1.165, 1.54) is 0 Å². The third-order valence-electron chi connectivity index (χ3n) is 3.94. The van der Waals surface area contributed by atoms with Crippen molar-refractivity contribution in [3.8, 4) is 5.75 Å². The van der Waals surface area contributed by atoms with Gasteiger partial charge in [-0.3, -0.25) is 0 Å². The maximum absolute atomic E-state index is 5.84. The molecule has 4 rings (SSSR count). The lowest BCUT2D eigenvalue weighted by Gasteiger charge is -2.23. The summed E-state index contributed by atoms with van der Waals surface area (Å²) in [6.07, 6.45) is 4.93. The molecule has 0 bridgehead atoms. The summed E-state index contributed by atoms with van der Waals surface area (Å²) in [6, 6.07) is 7.79. The molecule has 0 spiro atoms. The minimum atomic E-state index is -0.0287. The lowest BCUT2D eigenvalue weighted by atomic mass is 10.1. The van der Waals surface area contributed by atoms with Gasteiger partial charge in [0.2, 0.25) is 5.28 Å². The van der Waals surface area contributed by atoms with Crippen molar-refractivity contribution in [1.29, 1.82) is 0 Å². The van der Waals surface area contributed by atoms with Gasteiger partial charge in [-0.05, 0) is 41.3 Å². The Morgan fingerprint density at radius 2 is 2.04 bits per heavy atom. The Balaban J connectivity index is 1.50. The number of aromatic nitrogens is 3. The van der Waals surface area contributed by atoms with Crippen LogP contribution in [0.1, 0.15) is 0 Å². The second kappa shape index (κ2) is 7.82. The van der Waals surface area contributed by atoms with Crippen LogP contribution in [0.25, 0.3) is 10.8 Å². The summed E-state index contributed by atoms with van der Waals surface area (Å²) in [4.78, 5) is 12.3. The molecule has 3 heterocycles. The number of rotatable bonds is 5. The fraction of sp³-hybridized carbons (Fsp3) is 0.278. The fourth-order valence-electron chi connectivity index (χ4n) is 2.68. The van der Waals surface area contributed by atoms with Gasteiger partial charge in [0.25, 0.3) is 0 Å². The number of hydrogen-bond acceptors (Lipinski definition) is 7. The van der Waals surface area contributed by atoms with Crippen LogP contribution in [0.3, 0.4) is 0 Å². The van der Waals surface area contributed by atoms with Gasteiger partial charge in [0.1, 0.15) is 24.3 Å². The van der Waals surface area contributed by atoms with E-state index in [0.29, 0.717) is 37.9 Å². The lowest BCUT2D eigenvalue weighted by Crippen LogP contribution is -2.33. The number of halogens is 1. The van der Waals surface area contributed by atoms with Crippen LogP contribution in [0.15, 0.2) is 42.9 Å². The second-order valence-electron chi connectivity index (χ2n) is 5.79. The van der Waals surface area contributed by atoms with E-state index in [1.807, 2.05) is 24.3 Å². The Kier molecular flexibility index (Phi) is 5.10. The molecule has 1 saturated heterocycles. The van der Waals surface area contributed by atoms with Gasteiger partial charge in [-0.2, -0.15) is 0 Å². The highest BCUT2D eigenvalue weighted by Crippen LogP contribution is 2.27. The first-order valence-electron chi connectivity index (χ1n) is 8.23. The number of anilines is 2. The first-order valence-corrected chi connectivity index (χ1v) is 8.61. The fourth-order valence-corrected chi connectivity index (χ4v) is 2.78. The van der Waals surface area contributed by atoms with E-state index in [-0.39, 0.29) is 11.4 Å². The highest BCUT2D eigenvalue weighted by Gasteiger charge is 2.15. The minimum absolute atomic E-state index is 0.0287. The average Bonchev–Trinajstić information content (AvgIpc) is 2.69. The number of ether oxygens (including phenoxy) is 3. The van der Waals surface area contributed by atoms with Crippen LogP contribution in [0, 0.1) is 0 Å². The van der Waals surface area contributed by atoms with Crippen molar-refractivity contribution in [2.45, 2.75) is 6.10 Å². The Morgan fingerprint density at radius 1 is 1.15 bits per heavy atom. The number of pyridine rings is 1. The van der Waals surface area contributed by atoms with Crippen LogP contribution >= 0.6 is 11.6 Å². The van der Waals surface area contributed by atoms with Gasteiger partial charge >= 0.3 is 0 Å². The van der Waals surface area contributed by atoms with Gasteiger partial charge in [0, 0.05) is 11.6 Å². The van der Waals surface area contributed by atoms with Crippen molar-refractivity contribution in [1.82, 2.24) is 15.0 Å². The number of hydrogen-bond donors (Lipinski definition) is 1. The largest absolute Gasteiger partial charge is 0.491 e. The minimum Gasteiger partial charge on any atom is -0.491 e. The van der Waals surface area contributed by atoms with E-state index in [2.05, 4.69) is 20.3 Å². The highest BCUT2D eigenvalue weighted by atomic mass is 35.5. The molecule has 8 heteroatoms. The van der Waals surface area contributed by atoms with Crippen LogP contribution in [0.4, 0.5) is 11.5 Å². The quantitative estimate of drug-likeness (QED) is 0.689. The van der Waals surface area contributed by atoms with E-state index in [1.54, 1.807) is 18.6 Å². The van der Waals surface area contributed by atoms with Crippen molar-refractivity contribution >= 4 is 33.9 Å². The molecule has 1 atom stereocenters. The molecule has 1 fully saturated rings. The van der Waals surface area contributed by atoms with E-state index in [0.717, 1.165) is 16.5 Å². The predicted octanol–water partition coefficient (Wildman–Crippen LogP) is 3.22. The third kappa shape index (κ3) is 4.01. The van der Waals surface area contributed by atoms with E-state index >= 15 is 0 Å². The summed E-state index contributed by atoms with van der Waals surface area (Å²) in [5.74, 6) is 1.49. The van der Waals surface area contributed by atoms with Gasteiger partial charge in [-0.1, -0.05) is 0 Å². The van der Waals surface area contributed by atoms with Crippen molar-refractivity contribution in [2.24, 2.45) is 0 Å². The molecular weight excluding hydrogens is 356 g/mol. The highest BCUT2D eigenvalue weighted by molar-refractivity contribution is 6.28. The molecule has 0 amide bonds. The van der Waals surface area contributed by atoms with Crippen molar-refractivity contribution < 1.29 is 14.2 Å². The number of nitrogens with one attached hydrogen (secondary N) is 1. The number of nitrogens with zero attached hydrogens (tertiary/aromatic N) is 3. The zero-order valence-electron chi connectivity index (χ0n) is 13.9. The molecule has 2 aromatic heterocycles. The van der Waals surface area contributed by atoms with Gasteiger partial charge in [-0.15, -0.1) is 0 Å². The molecule has 7 nitrogen and oxygen atoms in total. The molecule has 1 aliphatic rings. The molecule has 1 N–H and O–H groups in total. The average molecular weight is 373 g/mol. The monoisotopic (exact) mass is 372 g/mol. The zero-order valence-corrected chi connectivity index (χ0v) is 14.6. The van der Waals surface area contributed by atoms with Gasteiger partial charge in [0.15, 0.2) is 0 Å². The molecule has 1 aromatic carbocycles. The van der Waals surface area contributed by atoms with E-state index in [4.69, 9.17) is 25.8 Å². The summed E-state index contributed by atoms with van der Waals surface area (Å²) in [7, 11) is 0. The maximum atomic E-state index is 5.84. The molecule has 1 aliphatic heterocycles. The van der Waals surface area contributed by atoms with Crippen molar-refractivity contribution in [3.63, 3.8) is 0 Å². The standard InChI is InChI=1S/C18H17ClN4O3/c19-18-21-8-13(9-22-18)23-17-16-2-1-14(7-12(16)3-4-20-17)26-11-15-10-24-5-6-25-15/h1-4,7-9,15H,5-6,10-11H2,(H,20,23)/t15-/m0/s1. The number of fused-ring (bicyclic) bond motifs is 1. The van der Waals surface area contributed by atoms with Crippen LogP contribution < -0.4 is 10.1 Å². The van der Waals surface area contributed by atoms with Gasteiger partial charge in [-0.25, -0.2) is 15.0 Å². The maximum Gasteiger partial charge on any atom is 0.222 e. The molecule has 3 aromatic rings. The van der Waals surface area contributed by atoms with Crippen LogP contribution in [0.2, 0.25) is 5.28 Å².